The van der Waals surface area contributed by atoms with Crippen LogP contribution in [0.3, 0.4) is 0 Å². The van der Waals surface area contributed by atoms with Crippen LogP contribution in [0.1, 0.15) is 65.7 Å². The standard InChI is InChI=1S/C32H40N6O6S/c1-20(2)27-29-35-28(21-9-6-5-7-10-21)36-38(29)15-14-37(31(42)22-17-23(32(43)44-3)19-24(39)18-22)13-8-11-26(40)33-25(12-16-45-4)30(41)34-27/h5-7,9-10,17-20,25,27,39H,8,11-16H2,1-4H3,(H,33,40)(H,34,41)/t25-,27+/m0/s1. The van der Waals surface area contributed by atoms with Gasteiger partial charge in [-0.2, -0.15) is 16.9 Å². The summed E-state index contributed by atoms with van der Waals surface area (Å²) in [6.45, 7) is 4.58. The third-order valence-corrected chi connectivity index (χ3v) is 8.17. The van der Waals surface area contributed by atoms with Crippen molar-refractivity contribution in [2.24, 2.45) is 5.92 Å². The van der Waals surface area contributed by atoms with Crippen LogP contribution in [0.2, 0.25) is 0 Å². The highest BCUT2D eigenvalue weighted by atomic mass is 32.2. The highest BCUT2D eigenvalue weighted by Crippen LogP contribution is 2.25. The second-order valence-electron chi connectivity index (χ2n) is 11.2. The molecule has 12 nitrogen and oxygen atoms in total. The average molecular weight is 637 g/mol. The van der Waals surface area contributed by atoms with Gasteiger partial charge >= 0.3 is 5.97 Å². The second-order valence-corrected chi connectivity index (χ2v) is 12.2. The molecule has 0 fully saturated rings. The lowest BCUT2D eigenvalue weighted by molar-refractivity contribution is -0.129. The van der Waals surface area contributed by atoms with Gasteiger partial charge in [-0.3, -0.25) is 14.4 Å². The van der Waals surface area contributed by atoms with Gasteiger partial charge in [0.1, 0.15) is 11.8 Å². The Balaban J connectivity index is 1.75. The lowest BCUT2D eigenvalue weighted by Gasteiger charge is -2.28. The maximum Gasteiger partial charge on any atom is 0.338 e. The first-order valence-electron chi connectivity index (χ1n) is 14.9. The fourth-order valence-corrected chi connectivity index (χ4v) is 5.60. The second kappa shape index (κ2) is 15.6. The van der Waals surface area contributed by atoms with Gasteiger partial charge in [-0.25, -0.2) is 14.5 Å². The molecule has 1 aliphatic rings. The molecule has 2 heterocycles. The SMILES string of the molecule is COC(=O)c1cc(O)cc(C(=O)N2CCCC(=O)N[C@@H](CCSC)C(=O)N[C@H](C(C)C)c3nc(-c4ccccc4)nn3CC2)c1. The zero-order chi connectivity index (χ0) is 32.5. The number of esters is 1. The number of nitrogens with one attached hydrogen (secondary N) is 2. The van der Waals surface area contributed by atoms with E-state index in [9.17, 15) is 24.3 Å². The fourth-order valence-electron chi connectivity index (χ4n) is 5.13. The van der Waals surface area contributed by atoms with Gasteiger partial charge in [-0.15, -0.1) is 0 Å². The number of aromatic nitrogens is 3. The molecule has 1 aliphatic heterocycles. The number of methoxy groups -OCH3 is 1. The van der Waals surface area contributed by atoms with E-state index in [4.69, 9.17) is 14.8 Å². The molecule has 0 saturated carbocycles. The van der Waals surface area contributed by atoms with Crippen LogP contribution >= 0.6 is 11.8 Å². The number of rotatable bonds is 7. The van der Waals surface area contributed by atoms with Crippen LogP contribution in [0.5, 0.6) is 5.75 Å². The Morgan fingerprint density at radius 3 is 2.49 bits per heavy atom. The van der Waals surface area contributed by atoms with E-state index in [0.29, 0.717) is 30.2 Å². The Bertz CT molecular complexity index is 1510. The van der Waals surface area contributed by atoms with Crippen molar-refractivity contribution >= 4 is 35.5 Å². The summed E-state index contributed by atoms with van der Waals surface area (Å²) in [6.07, 6.45) is 2.82. The third kappa shape index (κ3) is 8.62. The van der Waals surface area contributed by atoms with Crippen LogP contribution in [-0.2, 0) is 20.9 Å². The van der Waals surface area contributed by atoms with Crippen molar-refractivity contribution in [3.63, 3.8) is 0 Å². The van der Waals surface area contributed by atoms with Gasteiger partial charge in [0, 0.05) is 30.6 Å². The molecule has 0 aliphatic carbocycles. The normalized spacial score (nSPS) is 18.0. The Labute approximate surface area is 266 Å². The summed E-state index contributed by atoms with van der Waals surface area (Å²) >= 11 is 1.59. The predicted octanol–water partition coefficient (Wildman–Crippen LogP) is 3.42. The van der Waals surface area contributed by atoms with Crippen molar-refractivity contribution < 1.29 is 29.0 Å². The topological polar surface area (TPSA) is 156 Å². The molecule has 240 valence electrons. The number of amides is 3. The molecule has 0 unspecified atom stereocenters. The maximum atomic E-state index is 13.8. The summed E-state index contributed by atoms with van der Waals surface area (Å²) in [5.41, 5.74) is 0.951. The highest BCUT2D eigenvalue weighted by Gasteiger charge is 2.30. The number of carbonyl (C=O) groups excluding carboxylic acids is 4. The Kier molecular flexibility index (Phi) is 11.6. The summed E-state index contributed by atoms with van der Waals surface area (Å²) in [7, 11) is 1.22. The summed E-state index contributed by atoms with van der Waals surface area (Å²) in [5, 5.41) is 21.1. The number of nitrogens with zero attached hydrogens (tertiary/aromatic N) is 4. The number of aromatic hydroxyl groups is 1. The number of thioether (sulfide) groups is 1. The largest absolute Gasteiger partial charge is 0.508 e. The van der Waals surface area contributed by atoms with E-state index < -0.39 is 24.0 Å². The maximum absolute atomic E-state index is 13.8. The van der Waals surface area contributed by atoms with Gasteiger partial charge in [0.15, 0.2) is 11.6 Å². The molecule has 0 radical (unpaired) electrons. The molecule has 3 N–H and O–H groups in total. The minimum Gasteiger partial charge on any atom is -0.508 e. The summed E-state index contributed by atoms with van der Waals surface area (Å²) in [5.74, 6) is -0.326. The Morgan fingerprint density at radius 1 is 1.07 bits per heavy atom. The minimum atomic E-state index is -0.735. The van der Waals surface area contributed by atoms with E-state index in [1.807, 2.05) is 50.4 Å². The molecule has 0 bridgehead atoms. The molecule has 1 aromatic heterocycles. The lowest BCUT2D eigenvalue weighted by Crippen LogP contribution is -2.49. The number of benzene rings is 2. The first-order valence-corrected chi connectivity index (χ1v) is 16.3. The molecule has 3 amide bonds. The molecule has 0 spiro atoms. The van der Waals surface area contributed by atoms with Gasteiger partial charge in [0.05, 0.1) is 25.3 Å². The van der Waals surface area contributed by atoms with E-state index in [1.54, 1.807) is 21.3 Å². The number of carbonyl (C=O) groups is 4. The molecule has 3 aromatic rings. The van der Waals surface area contributed by atoms with E-state index >= 15 is 0 Å². The van der Waals surface area contributed by atoms with Crippen molar-refractivity contribution in [3.8, 4) is 17.1 Å². The quantitative estimate of drug-likeness (QED) is 0.331. The zero-order valence-corrected chi connectivity index (χ0v) is 26.8. The molecule has 0 saturated heterocycles. The van der Waals surface area contributed by atoms with Gasteiger partial charge in [0.25, 0.3) is 5.91 Å². The Morgan fingerprint density at radius 2 is 1.80 bits per heavy atom. The van der Waals surface area contributed by atoms with Crippen molar-refractivity contribution in [2.75, 3.05) is 32.2 Å². The smallest absolute Gasteiger partial charge is 0.338 e. The number of phenols is 1. The average Bonchev–Trinajstić information content (AvgIpc) is 3.45. The summed E-state index contributed by atoms with van der Waals surface area (Å²) < 4.78 is 6.50. The van der Waals surface area contributed by atoms with Crippen LogP contribution in [-0.4, -0.2) is 86.7 Å². The predicted molar refractivity (Wildman–Crippen MR) is 171 cm³/mol. The first kappa shape index (κ1) is 33.5. The summed E-state index contributed by atoms with van der Waals surface area (Å²) in [4.78, 5) is 59.0. The molecule has 4 rings (SSSR count). The van der Waals surface area contributed by atoms with Crippen LogP contribution in [0.15, 0.2) is 48.5 Å². The Hall–Kier alpha value is -4.39. The van der Waals surface area contributed by atoms with Crippen molar-refractivity contribution in [1.29, 1.82) is 0 Å². The van der Waals surface area contributed by atoms with Gasteiger partial charge < -0.3 is 25.4 Å². The number of phenolic OH excluding ortho intramolecular Hbond substituents is 1. The van der Waals surface area contributed by atoms with Crippen LogP contribution < -0.4 is 10.6 Å². The minimum absolute atomic E-state index is 0.0418. The fraction of sp³-hybridized carbons (Fsp3) is 0.438. The van der Waals surface area contributed by atoms with Crippen molar-refractivity contribution in [2.45, 2.75) is 51.7 Å². The molecular weight excluding hydrogens is 596 g/mol. The molecule has 45 heavy (non-hydrogen) atoms. The molecule has 13 heteroatoms. The number of ether oxygens (including phenoxy) is 1. The lowest BCUT2D eigenvalue weighted by atomic mass is 10.0. The van der Waals surface area contributed by atoms with Crippen molar-refractivity contribution in [1.82, 2.24) is 30.3 Å². The van der Waals surface area contributed by atoms with E-state index in [-0.39, 0.29) is 60.7 Å². The van der Waals surface area contributed by atoms with Crippen LogP contribution in [0.25, 0.3) is 11.4 Å². The first-order chi connectivity index (χ1) is 21.6. The van der Waals surface area contributed by atoms with Gasteiger partial charge in [0.2, 0.25) is 11.8 Å². The number of hydrogen-bond acceptors (Lipinski definition) is 9. The molecule has 2 atom stereocenters. The van der Waals surface area contributed by atoms with Gasteiger partial charge in [-0.05, 0) is 49.0 Å². The monoisotopic (exact) mass is 636 g/mol. The third-order valence-electron chi connectivity index (χ3n) is 7.52. The highest BCUT2D eigenvalue weighted by molar-refractivity contribution is 7.98. The van der Waals surface area contributed by atoms with Crippen molar-refractivity contribution in [3.05, 3.63) is 65.5 Å². The van der Waals surface area contributed by atoms with Gasteiger partial charge in [-0.1, -0.05) is 44.2 Å². The van der Waals surface area contributed by atoms with Crippen LogP contribution in [0, 0.1) is 5.92 Å². The van der Waals surface area contributed by atoms with E-state index in [0.717, 1.165) is 5.56 Å². The van der Waals surface area contributed by atoms with E-state index in [1.165, 1.54) is 25.3 Å². The summed E-state index contributed by atoms with van der Waals surface area (Å²) in [6, 6.07) is 12.1. The number of fused-ring (bicyclic) bond motifs is 1. The molecule has 2 aromatic carbocycles. The van der Waals surface area contributed by atoms with E-state index in [2.05, 4.69) is 10.6 Å². The number of hydrogen-bond donors (Lipinski definition) is 3. The zero-order valence-electron chi connectivity index (χ0n) is 26.0. The van der Waals surface area contributed by atoms with Crippen LogP contribution in [0.4, 0.5) is 0 Å². The molecular formula is C32H40N6O6S.